The quantitative estimate of drug-likeness (QED) is 0.501. The predicted octanol–water partition coefficient (Wildman–Crippen LogP) is 3.60. The van der Waals surface area contributed by atoms with Crippen molar-refractivity contribution in [2.45, 2.75) is 6.42 Å². The smallest absolute Gasteiger partial charge is 0.291 e. The van der Waals surface area contributed by atoms with Gasteiger partial charge in [-0.25, -0.2) is 0 Å². The number of nitrogen functional groups attached to an aromatic ring is 1. The lowest BCUT2D eigenvalue weighted by atomic mass is 10.2. The van der Waals surface area contributed by atoms with Crippen LogP contribution in [0.3, 0.4) is 0 Å². The van der Waals surface area contributed by atoms with Crippen molar-refractivity contribution in [2.75, 3.05) is 38.3 Å². The number of carbonyl (C=O) groups is 1. The van der Waals surface area contributed by atoms with E-state index in [1.165, 1.54) is 0 Å². The van der Waals surface area contributed by atoms with E-state index in [0.29, 0.717) is 23.6 Å². The SMILES string of the molecule is CN(C)CCCOc1ccc2cc(C(=O)Nc3ccccc3N)oc2c1. The lowest BCUT2D eigenvalue weighted by Gasteiger charge is -2.10. The van der Waals surface area contributed by atoms with Gasteiger partial charge in [-0.1, -0.05) is 12.1 Å². The number of benzene rings is 2. The minimum Gasteiger partial charge on any atom is -0.493 e. The van der Waals surface area contributed by atoms with Gasteiger partial charge in [0.05, 0.1) is 18.0 Å². The molecule has 0 aliphatic rings. The minimum atomic E-state index is -0.340. The van der Waals surface area contributed by atoms with E-state index >= 15 is 0 Å². The maximum atomic E-state index is 12.4. The van der Waals surface area contributed by atoms with Crippen LogP contribution >= 0.6 is 0 Å². The highest BCUT2D eigenvalue weighted by Crippen LogP contribution is 2.26. The number of hydrogen-bond donors (Lipinski definition) is 2. The van der Waals surface area contributed by atoms with Gasteiger partial charge in [0.25, 0.3) is 5.91 Å². The Kier molecular flexibility index (Phi) is 5.43. The van der Waals surface area contributed by atoms with E-state index in [1.54, 1.807) is 24.3 Å². The number of nitrogens with two attached hydrogens (primary N) is 1. The first-order valence-corrected chi connectivity index (χ1v) is 8.50. The van der Waals surface area contributed by atoms with Crippen LogP contribution in [0.15, 0.2) is 52.9 Å². The summed E-state index contributed by atoms with van der Waals surface area (Å²) in [5, 5.41) is 3.61. The van der Waals surface area contributed by atoms with Gasteiger partial charge in [-0.15, -0.1) is 0 Å². The molecule has 2 aromatic carbocycles. The third kappa shape index (κ3) is 4.34. The lowest BCUT2D eigenvalue weighted by Crippen LogP contribution is -2.15. The molecule has 1 heterocycles. The zero-order valence-electron chi connectivity index (χ0n) is 15.0. The zero-order chi connectivity index (χ0) is 18.5. The van der Waals surface area contributed by atoms with Gasteiger partial charge in [-0.3, -0.25) is 4.79 Å². The van der Waals surface area contributed by atoms with Gasteiger partial charge in [0.15, 0.2) is 5.76 Å². The van der Waals surface area contributed by atoms with Crippen LogP contribution in [0.2, 0.25) is 0 Å². The molecule has 0 aliphatic heterocycles. The molecule has 3 N–H and O–H groups in total. The van der Waals surface area contributed by atoms with Crippen LogP contribution in [0, 0.1) is 0 Å². The third-order valence-corrected chi connectivity index (χ3v) is 3.94. The molecule has 0 bridgehead atoms. The molecular weight excluding hydrogens is 330 g/mol. The van der Waals surface area contributed by atoms with E-state index in [2.05, 4.69) is 10.2 Å². The summed E-state index contributed by atoms with van der Waals surface area (Å²) < 4.78 is 11.4. The number of rotatable bonds is 7. The maximum Gasteiger partial charge on any atom is 0.291 e. The van der Waals surface area contributed by atoms with Crippen LogP contribution < -0.4 is 15.8 Å². The van der Waals surface area contributed by atoms with Gasteiger partial charge >= 0.3 is 0 Å². The van der Waals surface area contributed by atoms with Crippen molar-refractivity contribution in [1.82, 2.24) is 4.90 Å². The highest BCUT2D eigenvalue weighted by Gasteiger charge is 2.14. The lowest BCUT2D eigenvalue weighted by molar-refractivity contribution is 0.0998. The van der Waals surface area contributed by atoms with Crippen molar-refractivity contribution in [3.63, 3.8) is 0 Å². The summed E-state index contributed by atoms with van der Waals surface area (Å²) in [5.41, 5.74) is 7.53. The standard InChI is InChI=1S/C20H23N3O3/c1-23(2)10-5-11-25-15-9-8-14-12-19(26-18(14)13-15)20(24)22-17-7-4-3-6-16(17)21/h3-4,6-9,12-13H,5,10-11,21H2,1-2H3,(H,22,24). The van der Waals surface area contributed by atoms with Crippen molar-refractivity contribution in [3.8, 4) is 5.75 Å². The molecule has 26 heavy (non-hydrogen) atoms. The van der Waals surface area contributed by atoms with E-state index in [4.69, 9.17) is 14.9 Å². The number of furan rings is 1. The highest BCUT2D eigenvalue weighted by atomic mass is 16.5. The third-order valence-electron chi connectivity index (χ3n) is 3.94. The Balaban J connectivity index is 1.68. The van der Waals surface area contributed by atoms with Crippen molar-refractivity contribution >= 4 is 28.3 Å². The Hall–Kier alpha value is -2.99. The fraction of sp³-hybridized carbons (Fsp3) is 0.250. The van der Waals surface area contributed by atoms with Gasteiger partial charge in [0, 0.05) is 18.0 Å². The minimum absolute atomic E-state index is 0.230. The molecule has 0 saturated carbocycles. The summed E-state index contributed by atoms with van der Waals surface area (Å²) in [6.07, 6.45) is 0.940. The number of amides is 1. The van der Waals surface area contributed by atoms with E-state index in [1.807, 2.05) is 38.4 Å². The number of ether oxygens (including phenoxy) is 1. The molecule has 0 aliphatic carbocycles. The summed E-state index contributed by atoms with van der Waals surface area (Å²) in [4.78, 5) is 14.5. The molecule has 6 heteroatoms. The van der Waals surface area contributed by atoms with Crippen molar-refractivity contribution < 1.29 is 13.9 Å². The van der Waals surface area contributed by atoms with E-state index in [9.17, 15) is 4.79 Å². The summed E-state index contributed by atoms with van der Waals surface area (Å²) in [7, 11) is 4.06. The molecule has 0 spiro atoms. The Morgan fingerprint density at radius 2 is 2.00 bits per heavy atom. The second-order valence-electron chi connectivity index (χ2n) is 6.36. The van der Waals surface area contributed by atoms with Gasteiger partial charge in [0.2, 0.25) is 0 Å². The summed E-state index contributed by atoms with van der Waals surface area (Å²) in [6.45, 7) is 1.60. The second-order valence-corrected chi connectivity index (χ2v) is 6.36. The number of anilines is 2. The molecule has 1 aromatic heterocycles. The van der Waals surface area contributed by atoms with E-state index in [0.717, 1.165) is 24.1 Å². The summed E-state index contributed by atoms with van der Waals surface area (Å²) in [6, 6.07) is 14.4. The van der Waals surface area contributed by atoms with Crippen LogP contribution in [-0.4, -0.2) is 38.1 Å². The molecule has 3 aromatic rings. The number of fused-ring (bicyclic) bond motifs is 1. The Morgan fingerprint density at radius 3 is 2.77 bits per heavy atom. The molecule has 136 valence electrons. The number of nitrogens with zero attached hydrogens (tertiary/aromatic N) is 1. The van der Waals surface area contributed by atoms with Crippen LogP contribution in [-0.2, 0) is 0 Å². The molecule has 0 atom stereocenters. The molecule has 0 unspecified atom stereocenters. The molecule has 0 radical (unpaired) electrons. The normalized spacial score (nSPS) is 11.0. The topological polar surface area (TPSA) is 80.7 Å². The maximum absolute atomic E-state index is 12.4. The van der Waals surface area contributed by atoms with E-state index < -0.39 is 0 Å². The van der Waals surface area contributed by atoms with Crippen LogP contribution in [0.5, 0.6) is 5.75 Å². The van der Waals surface area contributed by atoms with Gasteiger partial charge in [-0.05, 0) is 50.8 Å². The van der Waals surface area contributed by atoms with Crippen LogP contribution in [0.25, 0.3) is 11.0 Å². The number of carbonyl (C=O) groups excluding carboxylic acids is 1. The van der Waals surface area contributed by atoms with E-state index in [-0.39, 0.29) is 11.7 Å². The fourth-order valence-corrected chi connectivity index (χ4v) is 2.58. The number of para-hydroxylation sites is 2. The Labute approximate surface area is 152 Å². The first kappa shape index (κ1) is 17.8. The van der Waals surface area contributed by atoms with Crippen molar-refractivity contribution in [2.24, 2.45) is 0 Å². The first-order chi connectivity index (χ1) is 12.5. The van der Waals surface area contributed by atoms with Crippen molar-refractivity contribution in [3.05, 3.63) is 54.3 Å². The average Bonchev–Trinajstić information content (AvgIpc) is 3.04. The van der Waals surface area contributed by atoms with Gasteiger partial charge in [0.1, 0.15) is 11.3 Å². The molecule has 1 amide bonds. The number of hydrogen-bond acceptors (Lipinski definition) is 5. The largest absolute Gasteiger partial charge is 0.493 e. The van der Waals surface area contributed by atoms with Crippen molar-refractivity contribution in [1.29, 1.82) is 0 Å². The molecule has 3 rings (SSSR count). The highest BCUT2D eigenvalue weighted by molar-refractivity contribution is 6.06. The van der Waals surface area contributed by atoms with Crippen LogP contribution in [0.1, 0.15) is 17.0 Å². The number of nitrogens with one attached hydrogen (secondary N) is 1. The first-order valence-electron chi connectivity index (χ1n) is 8.50. The summed E-state index contributed by atoms with van der Waals surface area (Å²) >= 11 is 0. The summed E-state index contributed by atoms with van der Waals surface area (Å²) in [5.74, 6) is 0.616. The monoisotopic (exact) mass is 353 g/mol. The van der Waals surface area contributed by atoms with Gasteiger partial charge in [-0.2, -0.15) is 0 Å². The van der Waals surface area contributed by atoms with Crippen LogP contribution in [0.4, 0.5) is 11.4 Å². The Bertz CT molecular complexity index is 902. The fourth-order valence-electron chi connectivity index (χ4n) is 2.58. The molecule has 6 nitrogen and oxygen atoms in total. The van der Waals surface area contributed by atoms with Gasteiger partial charge < -0.3 is 25.1 Å². The molecular formula is C20H23N3O3. The second kappa shape index (κ2) is 7.93. The predicted molar refractivity (Wildman–Crippen MR) is 104 cm³/mol. The molecule has 0 fully saturated rings. The Morgan fingerprint density at radius 1 is 1.19 bits per heavy atom. The zero-order valence-corrected chi connectivity index (χ0v) is 15.0. The average molecular weight is 353 g/mol. The molecule has 0 saturated heterocycles.